The highest BCUT2D eigenvalue weighted by Crippen LogP contribution is 2.20. The number of hydrogen-bond donors (Lipinski definition) is 1. The Kier molecular flexibility index (Phi) is 6.51. The number of carbonyl (C=O) groups excluding carboxylic acids is 1. The summed E-state index contributed by atoms with van der Waals surface area (Å²) in [7, 11) is -3.51. The second-order valence-electron chi connectivity index (χ2n) is 7.22. The maximum absolute atomic E-state index is 12.3. The number of nitrogens with zero attached hydrogens (tertiary/aromatic N) is 1. The highest BCUT2D eigenvalue weighted by Gasteiger charge is 2.27. The van der Waals surface area contributed by atoms with Crippen molar-refractivity contribution in [3.63, 3.8) is 0 Å². The SMILES string of the molecule is CC(C)(C)OC(=O)N1CCC(CNS(=O)(=O)c2ccc(Br)cc2)CC1. The highest BCUT2D eigenvalue weighted by molar-refractivity contribution is 9.10. The first kappa shape index (κ1) is 20.2. The minimum atomic E-state index is -3.51. The number of rotatable bonds is 4. The van der Waals surface area contributed by atoms with E-state index in [-0.39, 0.29) is 16.9 Å². The first-order chi connectivity index (χ1) is 11.6. The lowest BCUT2D eigenvalue weighted by atomic mass is 9.97. The predicted molar refractivity (Wildman–Crippen MR) is 99.9 cm³/mol. The van der Waals surface area contributed by atoms with Crippen LogP contribution in [-0.2, 0) is 14.8 Å². The third-order valence-corrected chi connectivity index (χ3v) is 5.92. The van der Waals surface area contributed by atoms with Crippen molar-refractivity contribution in [2.24, 2.45) is 5.92 Å². The fraction of sp³-hybridized carbons (Fsp3) is 0.588. The molecule has 8 heteroatoms. The van der Waals surface area contributed by atoms with Crippen LogP contribution in [-0.4, -0.2) is 44.6 Å². The smallest absolute Gasteiger partial charge is 0.410 e. The van der Waals surface area contributed by atoms with E-state index in [1.165, 1.54) is 0 Å². The van der Waals surface area contributed by atoms with Gasteiger partial charge in [-0.1, -0.05) is 15.9 Å². The van der Waals surface area contributed by atoms with Crippen LogP contribution >= 0.6 is 15.9 Å². The zero-order chi connectivity index (χ0) is 18.7. The molecule has 0 saturated carbocycles. The molecule has 1 heterocycles. The lowest BCUT2D eigenvalue weighted by Gasteiger charge is -2.33. The maximum Gasteiger partial charge on any atom is 0.410 e. The van der Waals surface area contributed by atoms with E-state index in [4.69, 9.17) is 4.74 Å². The molecule has 1 fully saturated rings. The first-order valence-corrected chi connectivity index (χ1v) is 10.6. The summed E-state index contributed by atoms with van der Waals surface area (Å²) in [6, 6.07) is 6.54. The molecular formula is C17H25BrN2O4S. The van der Waals surface area contributed by atoms with Gasteiger partial charge in [-0.25, -0.2) is 17.9 Å². The van der Waals surface area contributed by atoms with E-state index in [0.717, 1.165) is 17.3 Å². The van der Waals surface area contributed by atoms with E-state index >= 15 is 0 Å². The number of carbonyl (C=O) groups is 1. The Bertz CT molecular complexity index is 690. The molecule has 1 aliphatic heterocycles. The van der Waals surface area contributed by atoms with Gasteiger partial charge in [-0.3, -0.25) is 0 Å². The van der Waals surface area contributed by atoms with Crippen molar-refractivity contribution in [2.75, 3.05) is 19.6 Å². The second kappa shape index (κ2) is 8.05. The average Bonchev–Trinajstić information content (AvgIpc) is 2.52. The summed E-state index contributed by atoms with van der Waals surface area (Å²) in [4.78, 5) is 14.0. The quantitative estimate of drug-likeness (QED) is 0.790. The van der Waals surface area contributed by atoms with Crippen LogP contribution in [0.4, 0.5) is 4.79 Å². The summed E-state index contributed by atoms with van der Waals surface area (Å²) in [5.41, 5.74) is -0.506. The molecule has 1 amide bonds. The molecule has 2 rings (SSSR count). The number of hydrogen-bond acceptors (Lipinski definition) is 4. The Labute approximate surface area is 158 Å². The molecule has 1 aliphatic rings. The number of benzene rings is 1. The van der Waals surface area contributed by atoms with Crippen LogP contribution < -0.4 is 4.72 Å². The molecule has 0 bridgehead atoms. The van der Waals surface area contributed by atoms with Gasteiger partial charge in [0.05, 0.1) is 4.90 Å². The van der Waals surface area contributed by atoms with E-state index in [2.05, 4.69) is 20.7 Å². The summed E-state index contributed by atoms with van der Waals surface area (Å²) in [5.74, 6) is 0.212. The summed E-state index contributed by atoms with van der Waals surface area (Å²) in [6.45, 7) is 7.07. The van der Waals surface area contributed by atoms with Crippen molar-refractivity contribution in [1.82, 2.24) is 9.62 Å². The van der Waals surface area contributed by atoms with Gasteiger partial charge >= 0.3 is 6.09 Å². The van der Waals surface area contributed by atoms with Crippen molar-refractivity contribution in [1.29, 1.82) is 0 Å². The van der Waals surface area contributed by atoms with Gasteiger partial charge in [0.25, 0.3) is 0 Å². The van der Waals surface area contributed by atoms with Crippen LogP contribution in [0.1, 0.15) is 33.6 Å². The largest absolute Gasteiger partial charge is 0.444 e. The molecule has 0 aliphatic carbocycles. The van der Waals surface area contributed by atoms with E-state index in [9.17, 15) is 13.2 Å². The van der Waals surface area contributed by atoms with Crippen molar-refractivity contribution in [3.05, 3.63) is 28.7 Å². The van der Waals surface area contributed by atoms with Crippen LogP contribution in [0, 0.1) is 5.92 Å². The maximum atomic E-state index is 12.3. The van der Waals surface area contributed by atoms with E-state index < -0.39 is 15.6 Å². The number of amides is 1. The normalized spacial score (nSPS) is 16.7. The Balaban J connectivity index is 1.82. The fourth-order valence-corrected chi connectivity index (χ4v) is 3.95. The van der Waals surface area contributed by atoms with Gasteiger partial charge in [0.15, 0.2) is 0 Å². The molecule has 1 saturated heterocycles. The van der Waals surface area contributed by atoms with Gasteiger partial charge in [0, 0.05) is 24.1 Å². The molecule has 1 aromatic carbocycles. The molecule has 0 radical (unpaired) electrons. The number of likely N-dealkylation sites (tertiary alicyclic amines) is 1. The molecule has 1 N–H and O–H groups in total. The Morgan fingerprint density at radius 1 is 1.24 bits per heavy atom. The van der Waals surface area contributed by atoms with Crippen LogP contribution in [0.15, 0.2) is 33.6 Å². The Morgan fingerprint density at radius 2 is 1.80 bits per heavy atom. The molecule has 1 aromatic rings. The molecule has 0 spiro atoms. The molecule has 6 nitrogen and oxygen atoms in total. The van der Waals surface area contributed by atoms with E-state index in [0.29, 0.717) is 19.6 Å². The van der Waals surface area contributed by atoms with Crippen LogP contribution in [0.25, 0.3) is 0 Å². The molecule has 0 aromatic heterocycles. The van der Waals surface area contributed by atoms with Crippen molar-refractivity contribution >= 4 is 32.0 Å². The Hall–Kier alpha value is -1.12. The van der Waals surface area contributed by atoms with Gasteiger partial charge in [-0.2, -0.15) is 0 Å². The van der Waals surface area contributed by atoms with E-state index in [1.54, 1.807) is 29.2 Å². The zero-order valence-electron chi connectivity index (χ0n) is 14.8. The van der Waals surface area contributed by atoms with Crippen molar-refractivity contribution in [2.45, 2.75) is 44.1 Å². The second-order valence-corrected chi connectivity index (χ2v) is 9.90. The summed E-state index contributed by atoms with van der Waals surface area (Å²) >= 11 is 3.29. The predicted octanol–water partition coefficient (Wildman–Crippen LogP) is 3.37. The fourth-order valence-electron chi connectivity index (χ4n) is 2.57. The molecule has 25 heavy (non-hydrogen) atoms. The summed E-state index contributed by atoms with van der Waals surface area (Å²) in [5, 5.41) is 0. The van der Waals surface area contributed by atoms with Gasteiger partial charge < -0.3 is 9.64 Å². The third-order valence-electron chi connectivity index (χ3n) is 3.95. The Morgan fingerprint density at radius 3 is 2.32 bits per heavy atom. The minimum absolute atomic E-state index is 0.212. The topological polar surface area (TPSA) is 75.7 Å². The van der Waals surface area contributed by atoms with Gasteiger partial charge in [-0.05, 0) is 63.8 Å². The average molecular weight is 433 g/mol. The van der Waals surface area contributed by atoms with Gasteiger partial charge in [0.1, 0.15) is 5.60 Å². The number of sulfonamides is 1. The summed E-state index contributed by atoms with van der Waals surface area (Å²) in [6.07, 6.45) is 1.20. The van der Waals surface area contributed by atoms with Crippen LogP contribution in [0.3, 0.4) is 0 Å². The number of piperidine rings is 1. The number of nitrogens with one attached hydrogen (secondary N) is 1. The van der Waals surface area contributed by atoms with E-state index in [1.807, 2.05) is 20.8 Å². The third kappa shape index (κ3) is 6.27. The monoisotopic (exact) mass is 432 g/mol. The highest BCUT2D eigenvalue weighted by atomic mass is 79.9. The van der Waals surface area contributed by atoms with Crippen LogP contribution in [0.5, 0.6) is 0 Å². The van der Waals surface area contributed by atoms with Crippen molar-refractivity contribution in [3.8, 4) is 0 Å². The summed E-state index contributed by atoms with van der Waals surface area (Å²) < 4.78 is 33.5. The standard InChI is InChI=1S/C17H25BrN2O4S/c1-17(2,3)24-16(21)20-10-8-13(9-11-20)12-19-25(22,23)15-6-4-14(18)5-7-15/h4-7,13,19H,8-12H2,1-3H3. The van der Waals surface area contributed by atoms with Gasteiger partial charge in [0.2, 0.25) is 10.0 Å². The zero-order valence-corrected chi connectivity index (χ0v) is 17.2. The number of ether oxygens (including phenoxy) is 1. The molecule has 0 atom stereocenters. The minimum Gasteiger partial charge on any atom is -0.444 e. The van der Waals surface area contributed by atoms with Gasteiger partial charge in [-0.15, -0.1) is 0 Å². The van der Waals surface area contributed by atoms with Crippen molar-refractivity contribution < 1.29 is 17.9 Å². The molecular weight excluding hydrogens is 408 g/mol. The molecule has 0 unspecified atom stereocenters. The van der Waals surface area contributed by atoms with Crippen LogP contribution in [0.2, 0.25) is 0 Å². The molecule has 140 valence electrons. The lowest BCUT2D eigenvalue weighted by molar-refractivity contribution is 0.0185. The number of halogens is 1. The first-order valence-electron chi connectivity index (χ1n) is 8.30. The lowest BCUT2D eigenvalue weighted by Crippen LogP contribution is -2.43.